The van der Waals surface area contributed by atoms with E-state index >= 15 is 0 Å². The standard InChI is InChI=1S/C12H8Cl2FNS/c13-7-5-10(16)12(6-8(7)14)17-11-4-2-1-3-9(11)15/h1-6H,16H2. The van der Waals surface area contributed by atoms with Gasteiger partial charge in [0, 0.05) is 15.5 Å². The van der Waals surface area contributed by atoms with Gasteiger partial charge >= 0.3 is 0 Å². The second-order valence-corrected chi connectivity index (χ2v) is 5.23. The molecule has 2 aromatic rings. The van der Waals surface area contributed by atoms with Crippen molar-refractivity contribution in [1.82, 2.24) is 0 Å². The number of benzene rings is 2. The summed E-state index contributed by atoms with van der Waals surface area (Å²) in [5, 5.41) is 0.793. The first-order valence-corrected chi connectivity index (χ1v) is 6.32. The fourth-order valence-electron chi connectivity index (χ4n) is 1.28. The minimum atomic E-state index is -0.289. The number of nitrogen functional groups attached to an aromatic ring is 1. The molecule has 1 nitrogen and oxygen atoms in total. The SMILES string of the molecule is Nc1cc(Cl)c(Cl)cc1Sc1ccccc1F. The molecule has 0 heterocycles. The zero-order valence-corrected chi connectivity index (χ0v) is 10.9. The molecule has 2 aromatic carbocycles. The van der Waals surface area contributed by atoms with E-state index in [0.717, 1.165) is 0 Å². The van der Waals surface area contributed by atoms with Gasteiger partial charge in [0.05, 0.1) is 10.0 Å². The molecule has 0 saturated carbocycles. The molecular formula is C12H8Cl2FNS. The summed E-state index contributed by atoms with van der Waals surface area (Å²) in [5.41, 5.74) is 6.28. The van der Waals surface area contributed by atoms with E-state index in [1.807, 2.05) is 0 Å². The molecule has 0 fully saturated rings. The molecule has 0 bridgehead atoms. The lowest BCUT2D eigenvalue weighted by Gasteiger charge is -2.07. The largest absolute Gasteiger partial charge is 0.398 e. The van der Waals surface area contributed by atoms with Gasteiger partial charge in [-0.2, -0.15) is 0 Å². The molecule has 0 aliphatic rings. The fraction of sp³-hybridized carbons (Fsp3) is 0. The van der Waals surface area contributed by atoms with Crippen molar-refractivity contribution in [3.63, 3.8) is 0 Å². The second kappa shape index (κ2) is 5.17. The highest BCUT2D eigenvalue weighted by Gasteiger charge is 2.09. The van der Waals surface area contributed by atoms with E-state index in [0.29, 0.717) is 25.5 Å². The lowest BCUT2D eigenvalue weighted by atomic mass is 10.3. The monoisotopic (exact) mass is 287 g/mol. The van der Waals surface area contributed by atoms with Crippen LogP contribution in [0, 0.1) is 5.82 Å². The summed E-state index contributed by atoms with van der Waals surface area (Å²) in [6.45, 7) is 0. The Hall–Kier alpha value is -0.900. The maximum atomic E-state index is 13.5. The van der Waals surface area contributed by atoms with Crippen LogP contribution < -0.4 is 5.73 Å². The van der Waals surface area contributed by atoms with Crippen LogP contribution in [0.4, 0.5) is 10.1 Å². The molecule has 88 valence electrons. The Kier molecular flexibility index (Phi) is 3.82. The molecule has 2 N–H and O–H groups in total. The van der Waals surface area contributed by atoms with Gasteiger partial charge in [0.25, 0.3) is 0 Å². The number of rotatable bonds is 2. The Labute approximate surface area is 113 Å². The molecule has 0 radical (unpaired) electrons. The van der Waals surface area contributed by atoms with Gasteiger partial charge in [-0.1, -0.05) is 47.1 Å². The van der Waals surface area contributed by atoms with E-state index in [-0.39, 0.29) is 5.82 Å². The summed E-state index contributed by atoms with van der Waals surface area (Å²) in [6, 6.07) is 9.68. The molecule has 2 rings (SSSR count). The third kappa shape index (κ3) is 2.86. The molecule has 0 saturated heterocycles. The van der Waals surface area contributed by atoms with E-state index in [4.69, 9.17) is 28.9 Å². The summed E-state index contributed by atoms with van der Waals surface area (Å²) in [7, 11) is 0. The summed E-state index contributed by atoms with van der Waals surface area (Å²) in [4.78, 5) is 1.18. The predicted octanol–water partition coefficient (Wildman–Crippen LogP) is 4.87. The van der Waals surface area contributed by atoms with E-state index in [1.165, 1.54) is 17.8 Å². The van der Waals surface area contributed by atoms with Crippen LogP contribution in [0.2, 0.25) is 10.0 Å². The second-order valence-electron chi connectivity index (χ2n) is 3.34. The fourth-order valence-corrected chi connectivity index (χ4v) is 2.58. The molecule has 0 aliphatic carbocycles. The summed E-state index contributed by atoms with van der Waals surface area (Å²) in [5.74, 6) is -0.289. The first-order chi connectivity index (χ1) is 8.08. The highest BCUT2D eigenvalue weighted by Crippen LogP contribution is 2.37. The normalized spacial score (nSPS) is 10.5. The number of nitrogens with two attached hydrogens (primary N) is 1. The smallest absolute Gasteiger partial charge is 0.137 e. The van der Waals surface area contributed by atoms with Crippen LogP contribution in [0.15, 0.2) is 46.2 Å². The number of hydrogen-bond donors (Lipinski definition) is 1. The Balaban J connectivity index is 2.37. The summed E-state index contributed by atoms with van der Waals surface area (Å²) >= 11 is 12.9. The Morgan fingerprint density at radius 1 is 1.00 bits per heavy atom. The predicted molar refractivity (Wildman–Crippen MR) is 71.4 cm³/mol. The van der Waals surface area contributed by atoms with Crippen molar-refractivity contribution in [2.24, 2.45) is 0 Å². The van der Waals surface area contributed by atoms with E-state index in [1.54, 1.807) is 30.3 Å². The Bertz CT molecular complexity index is 560. The van der Waals surface area contributed by atoms with Gasteiger partial charge in [0.15, 0.2) is 0 Å². The number of hydrogen-bond acceptors (Lipinski definition) is 2. The molecular weight excluding hydrogens is 280 g/mol. The van der Waals surface area contributed by atoms with Crippen LogP contribution in [0.25, 0.3) is 0 Å². The minimum absolute atomic E-state index is 0.289. The van der Waals surface area contributed by atoms with Gasteiger partial charge in [0.2, 0.25) is 0 Å². The molecule has 0 spiro atoms. The molecule has 5 heteroatoms. The first kappa shape index (κ1) is 12.6. The maximum absolute atomic E-state index is 13.5. The molecule has 0 aliphatic heterocycles. The third-order valence-corrected chi connectivity index (χ3v) is 3.96. The Morgan fingerprint density at radius 3 is 2.35 bits per heavy atom. The zero-order valence-electron chi connectivity index (χ0n) is 8.58. The van der Waals surface area contributed by atoms with Crippen molar-refractivity contribution in [2.75, 3.05) is 5.73 Å². The van der Waals surface area contributed by atoms with Gasteiger partial charge in [-0.25, -0.2) is 4.39 Å². The Morgan fingerprint density at radius 2 is 1.65 bits per heavy atom. The van der Waals surface area contributed by atoms with Crippen LogP contribution in [0.3, 0.4) is 0 Å². The molecule has 0 amide bonds. The minimum Gasteiger partial charge on any atom is -0.398 e. The highest BCUT2D eigenvalue weighted by molar-refractivity contribution is 7.99. The molecule has 0 unspecified atom stereocenters. The molecule has 0 atom stereocenters. The average Bonchev–Trinajstić information content (AvgIpc) is 2.29. The van der Waals surface area contributed by atoms with Gasteiger partial charge in [0.1, 0.15) is 5.82 Å². The molecule has 0 aromatic heterocycles. The van der Waals surface area contributed by atoms with Crippen molar-refractivity contribution in [2.45, 2.75) is 9.79 Å². The van der Waals surface area contributed by atoms with Crippen LogP contribution in [0.1, 0.15) is 0 Å². The lowest BCUT2D eigenvalue weighted by Crippen LogP contribution is -1.89. The number of anilines is 1. The van der Waals surface area contributed by atoms with Gasteiger partial charge in [-0.05, 0) is 24.3 Å². The van der Waals surface area contributed by atoms with Gasteiger partial charge < -0.3 is 5.73 Å². The number of halogens is 3. The quantitative estimate of drug-likeness (QED) is 0.798. The van der Waals surface area contributed by atoms with E-state index in [2.05, 4.69) is 0 Å². The average molecular weight is 288 g/mol. The van der Waals surface area contributed by atoms with E-state index in [9.17, 15) is 4.39 Å². The third-order valence-electron chi connectivity index (χ3n) is 2.11. The van der Waals surface area contributed by atoms with Crippen molar-refractivity contribution < 1.29 is 4.39 Å². The highest BCUT2D eigenvalue weighted by atomic mass is 35.5. The van der Waals surface area contributed by atoms with Gasteiger partial charge in [-0.15, -0.1) is 0 Å². The van der Waals surface area contributed by atoms with Crippen molar-refractivity contribution >= 4 is 40.7 Å². The zero-order chi connectivity index (χ0) is 12.4. The van der Waals surface area contributed by atoms with Crippen LogP contribution >= 0.6 is 35.0 Å². The van der Waals surface area contributed by atoms with Crippen molar-refractivity contribution in [3.8, 4) is 0 Å². The molecule has 17 heavy (non-hydrogen) atoms. The van der Waals surface area contributed by atoms with Crippen LogP contribution in [-0.4, -0.2) is 0 Å². The summed E-state index contributed by atoms with van der Waals surface area (Å²) in [6.07, 6.45) is 0. The van der Waals surface area contributed by atoms with E-state index < -0.39 is 0 Å². The lowest BCUT2D eigenvalue weighted by molar-refractivity contribution is 0.602. The van der Waals surface area contributed by atoms with Crippen LogP contribution in [0.5, 0.6) is 0 Å². The van der Waals surface area contributed by atoms with Gasteiger partial charge in [-0.3, -0.25) is 0 Å². The summed E-state index contributed by atoms with van der Waals surface area (Å²) < 4.78 is 13.5. The van der Waals surface area contributed by atoms with Crippen LogP contribution in [-0.2, 0) is 0 Å². The first-order valence-electron chi connectivity index (χ1n) is 4.75. The van der Waals surface area contributed by atoms with Crippen molar-refractivity contribution in [1.29, 1.82) is 0 Å². The maximum Gasteiger partial charge on any atom is 0.137 e. The topological polar surface area (TPSA) is 26.0 Å². The van der Waals surface area contributed by atoms with Crippen molar-refractivity contribution in [3.05, 3.63) is 52.3 Å².